The van der Waals surface area contributed by atoms with Crippen molar-refractivity contribution in [2.75, 3.05) is 9.80 Å². The molecule has 0 saturated carbocycles. The second-order valence-corrected chi connectivity index (χ2v) is 22.6. The van der Waals surface area contributed by atoms with Gasteiger partial charge in [0.25, 0.3) is 6.71 Å². The van der Waals surface area contributed by atoms with Crippen LogP contribution in [0.4, 0.5) is 34.1 Å². The van der Waals surface area contributed by atoms with Crippen molar-refractivity contribution < 1.29 is 0 Å². The van der Waals surface area contributed by atoms with Crippen molar-refractivity contribution in [2.24, 2.45) is 0 Å². The highest BCUT2D eigenvalue weighted by Gasteiger charge is 2.44. The summed E-state index contributed by atoms with van der Waals surface area (Å²) in [5, 5.41) is 32.6. The van der Waals surface area contributed by atoms with Gasteiger partial charge in [-0.15, -0.1) is 0 Å². The van der Waals surface area contributed by atoms with E-state index in [-0.39, 0.29) is 6.71 Å². The van der Waals surface area contributed by atoms with Crippen LogP contribution in [0.5, 0.6) is 0 Å². The Bertz CT molecular complexity index is 5000. The third kappa shape index (κ3) is 8.64. The first kappa shape index (κ1) is 51.4. The van der Waals surface area contributed by atoms with Crippen LogP contribution in [0, 0.1) is 34.0 Å². The van der Waals surface area contributed by atoms with Crippen molar-refractivity contribution in [3.05, 3.63) is 314 Å². The molecule has 0 spiro atoms. The van der Waals surface area contributed by atoms with Gasteiger partial charge in [-0.3, -0.25) is 0 Å². The van der Waals surface area contributed by atoms with Gasteiger partial charge in [0.1, 0.15) is 0 Å². The Kier molecular flexibility index (Phi) is 12.4. The van der Waals surface area contributed by atoms with Crippen molar-refractivity contribution in [1.82, 2.24) is 4.57 Å². The second-order valence-electron chi connectivity index (χ2n) is 22.6. The van der Waals surface area contributed by atoms with Gasteiger partial charge in [-0.25, -0.2) is 0 Å². The number of fused-ring (bicyclic) bond motifs is 7. The molecule has 0 fully saturated rings. The molecule has 16 rings (SSSR count). The van der Waals surface area contributed by atoms with E-state index in [0.29, 0.717) is 22.3 Å². The van der Waals surface area contributed by atoms with E-state index in [4.69, 9.17) is 0 Å². The standard InChI is InChI=1S/C81H49BN6/c83-50-53-25-37-75(70(44-53)66-42-54(51-84)41-55(43-66)52-85)88-74-24-14-13-23-69(74)71-45-62(30-38-76(71)88)65-48-79-81-80(49-65)87(68-35-28-61(29-36-68)57-17-7-2-8-18-57)78-40-32-64(59-21-11-4-12-22-59)47-73(78)82(81)72-46-63(58-19-9-3-10-20-58)31-39-77(72)86(79)67-33-26-60(27-34-67)56-15-5-1-6-16-56/h1-49H. The average Bonchev–Trinajstić information content (AvgIpc) is 0.842. The smallest absolute Gasteiger partial charge is 0.252 e. The van der Waals surface area contributed by atoms with Gasteiger partial charge < -0.3 is 14.4 Å². The van der Waals surface area contributed by atoms with Crippen molar-refractivity contribution in [3.8, 4) is 90.7 Å². The average molecular weight is 1120 g/mol. The minimum atomic E-state index is -0.170. The van der Waals surface area contributed by atoms with Crippen molar-refractivity contribution >= 4 is 79.0 Å². The maximum Gasteiger partial charge on any atom is 0.252 e. The summed E-state index contributed by atoms with van der Waals surface area (Å²) in [6.45, 7) is -0.170. The lowest BCUT2D eigenvalue weighted by Gasteiger charge is -2.44. The van der Waals surface area contributed by atoms with E-state index in [9.17, 15) is 15.8 Å². The molecular weight excluding hydrogens is 1070 g/mol. The number of anilines is 6. The molecule has 6 nitrogen and oxygen atoms in total. The van der Waals surface area contributed by atoms with Crippen LogP contribution in [0.1, 0.15) is 16.7 Å². The van der Waals surface area contributed by atoms with E-state index in [1.165, 1.54) is 16.4 Å². The van der Waals surface area contributed by atoms with Gasteiger partial charge in [0, 0.05) is 50.5 Å². The summed E-state index contributed by atoms with van der Waals surface area (Å²) in [5.41, 5.74) is 26.9. The molecule has 13 aromatic carbocycles. The molecular formula is C81H49BN6. The maximum absolute atomic E-state index is 10.3. The zero-order valence-corrected chi connectivity index (χ0v) is 47.6. The van der Waals surface area contributed by atoms with Crippen molar-refractivity contribution in [3.63, 3.8) is 0 Å². The Labute approximate surface area is 510 Å². The van der Waals surface area contributed by atoms with Gasteiger partial charge in [-0.05, 0) is 181 Å². The predicted molar refractivity (Wildman–Crippen MR) is 362 cm³/mol. The molecule has 0 saturated heterocycles. The van der Waals surface area contributed by atoms with Crippen LogP contribution in [0.25, 0.3) is 94.3 Å². The fraction of sp³-hybridized carbons (Fsp3) is 0. The minimum Gasteiger partial charge on any atom is -0.311 e. The fourth-order valence-corrected chi connectivity index (χ4v) is 13.6. The van der Waals surface area contributed by atoms with E-state index in [2.05, 4.69) is 293 Å². The Morgan fingerprint density at radius 2 is 0.670 bits per heavy atom. The first-order chi connectivity index (χ1) is 43.5. The quantitative estimate of drug-likeness (QED) is 0.135. The predicted octanol–water partition coefficient (Wildman–Crippen LogP) is 18.5. The molecule has 0 atom stereocenters. The largest absolute Gasteiger partial charge is 0.311 e. The Morgan fingerprint density at radius 3 is 1.17 bits per heavy atom. The number of rotatable bonds is 9. The van der Waals surface area contributed by atoms with E-state index < -0.39 is 0 Å². The monoisotopic (exact) mass is 1120 g/mol. The number of nitriles is 3. The van der Waals surface area contributed by atoms with Crippen molar-refractivity contribution in [1.29, 1.82) is 15.8 Å². The van der Waals surface area contributed by atoms with E-state index >= 15 is 0 Å². The van der Waals surface area contributed by atoms with E-state index in [0.717, 1.165) is 123 Å². The molecule has 3 heterocycles. The van der Waals surface area contributed by atoms with Crippen molar-refractivity contribution in [2.45, 2.75) is 0 Å². The fourth-order valence-electron chi connectivity index (χ4n) is 13.6. The summed E-state index contributed by atoms with van der Waals surface area (Å²) in [7, 11) is 0. The molecule has 406 valence electrons. The first-order valence-corrected chi connectivity index (χ1v) is 29.5. The van der Waals surface area contributed by atoms with Crippen LogP contribution >= 0.6 is 0 Å². The number of benzene rings is 13. The van der Waals surface area contributed by atoms with Gasteiger partial charge in [0.15, 0.2) is 0 Å². The maximum atomic E-state index is 10.3. The normalized spacial score (nSPS) is 12.0. The molecule has 1 aromatic heterocycles. The van der Waals surface area contributed by atoms with Gasteiger partial charge in [-0.2, -0.15) is 15.8 Å². The lowest BCUT2D eigenvalue weighted by molar-refractivity contribution is 1.18. The summed E-state index contributed by atoms with van der Waals surface area (Å²) in [5.74, 6) is 0. The summed E-state index contributed by atoms with van der Waals surface area (Å²) in [6.07, 6.45) is 0. The lowest BCUT2D eigenvalue weighted by Crippen LogP contribution is -2.61. The number of para-hydroxylation sites is 1. The molecule has 0 amide bonds. The SMILES string of the molecule is N#Cc1cc(C#N)cc(-c2cc(C#N)ccc2-n2c3ccccc3c3cc(-c4cc5c6c(c4)N(c4ccc(-c7ccccc7)cc4)c4ccc(-c7ccccc7)cc4B6c4cc(-c6ccccc6)ccc4N5c4ccc(-c5ccccc5)cc4)ccc32)c1. The van der Waals surface area contributed by atoms with Crippen LogP contribution in [-0.4, -0.2) is 11.3 Å². The first-order valence-electron chi connectivity index (χ1n) is 29.5. The third-order valence-corrected chi connectivity index (χ3v) is 17.6. The summed E-state index contributed by atoms with van der Waals surface area (Å²) in [6, 6.07) is 113. The molecule has 14 aromatic rings. The molecule has 2 aliphatic heterocycles. The third-order valence-electron chi connectivity index (χ3n) is 17.6. The van der Waals surface area contributed by atoms with Crippen LogP contribution in [0.3, 0.4) is 0 Å². The molecule has 0 N–H and O–H groups in total. The van der Waals surface area contributed by atoms with Crippen LogP contribution in [0.2, 0.25) is 0 Å². The lowest BCUT2D eigenvalue weighted by atomic mass is 9.33. The summed E-state index contributed by atoms with van der Waals surface area (Å²) >= 11 is 0. The van der Waals surface area contributed by atoms with E-state index in [1.807, 2.05) is 18.2 Å². The highest BCUT2D eigenvalue weighted by molar-refractivity contribution is 7.00. The van der Waals surface area contributed by atoms with Crippen LogP contribution in [0.15, 0.2) is 297 Å². The summed E-state index contributed by atoms with van der Waals surface area (Å²) in [4.78, 5) is 4.99. The zero-order chi connectivity index (χ0) is 58.8. The Balaban J connectivity index is 0.966. The number of nitrogens with zero attached hydrogens (tertiary/aromatic N) is 6. The molecule has 7 heteroatoms. The van der Waals surface area contributed by atoms with Crippen LogP contribution < -0.4 is 26.2 Å². The molecule has 2 aliphatic rings. The topological polar surface area (TPSA) is 82.8 Å². The number of hydrogen-bond donors (Lipinski definition) is 0. The molecule has 88 heavy (non-hydrogen) atoms. The second kappa shape index (κ2) is 21.1. The van der Waals surface area contributed by atoms with E-state index in [1.54, 1.807) is 18.2 Å². The van der Waals surface area contributed by atoms with Gasteiger partial charge >= 0.3 is 0 Å². The minimum absolute atomic E-state index is 0.170. The van der Waals surface area contributed by atoms with Gasteiger partial charge in [0.05, 0.1) is 51.6 Å². The highest BCUT2D eigenvalue weighted by atomic mass is 15.2. The zero-order valence-electron chi connectivity index (χ0n) is 47.6. The highest BCUT2D eigenvalue weighted by Crippen LogP contribution is 2.48. The van der Waals surface area contributed by atoms with Gasteiger partial charge in [-0.1, -0.05) is 194 Å². The number of aromatic nitrogens is 1. The van der Waals surface area contributed by atoms with Crippen LogP contribution in [-0.2, 0) is 0 Å². The van der Waals surface area contributed by atoms with Gasteiger partial charge in [0.2, 0.25) is 0 Å². The Morgan fingerprint density at radius 1 is 0.261 bits per heavy atom. The summed E-state index contributed by atoms with van der Waals surface area (Å²) < 4.78 is 2.25. The molecule has 0 bridgehead atoms. The molecule has 0 aliphatic carbocycles. The molecule has 0 radical (unpaired) electrons. The number of hydrogen-bond acceptors (Lipinski definition) is 5. The molecule has 0 unspecified atom stereocenters. The Hall–Kier alpha value is -12.2.